The molecule has 0 amide bonds. The summed E-state index contributed by atoms with van der Waals surface area (Å²) in [7, 11) is -3.73. The number of nitro groups is 1. The van der Waals surface area contributed by atoms with Gasteiger partial charge in [-0.3, -0.25) is 4.18 Å². The zero-order chi connectivity index (χ0) is 14.6. The normalized spacial score (nSPS) is 15.1. The number of aliphatic hydroxyl groups excluding tert-OH is 2. The first-order valence-electron chi connectivity index (χ1n) is 5.07. The van der Waals surface area contributed by atoms with Crippen LogP contribution in [0, 0.1) is 10.1 Å². The van der Waals surface area contributed by atoms with Crippen LogP contribution in [0.15, 0.2) is 12.4 Å². The number of hydrogen-bond acceptors (Lipinski definition) is 8. The Bertz CT molecular complexity index is 540. The molecule has 2 atom stereocenters. The third-order valence-electron chi connectivity index (χ3n) is 2.14. The Hall–Kier alpha value is -1.56. The van der Waals surface area contributed by atoms with E-state index in [0.29, 0.717) is 0 Å². The van der Waals surface area contributed by atoms with Gasteiger partial charge in [-0.2, -0.15) is 8.42 Å². The lowest BCUT2D eigenvalue weighted by Crippen LogP contribution is -2.34. The number of imidazole rings is 1. The highest BCUT2D eigenvalue weighted by atomic mass is 32.2. The van der Waals surface area contributed by atoms with E-state index in [0.717, 1.165) is 10.8 Å². The molecule has 0 aromatic carbocycles. The van der Waals surface area contributed by atoms with Crippen molar-refractivity contribution in [2.45, 2.75) is 18.8 Å². The van der Waals surface area contributed by atoms with Gasteiger partial charge in [0.1, 0.15) is 31.1 Å². The highest BCUT2D eigenvalue weighted by Gasteiger charge is 2.23. The van der Waals surface area contributed by atoms with Crippen LogP contribution in [0.1, 0.15) is 0 Å². The van der Waals surface area contributed by atoms with Crippen molar-refractivity contribution >= 4 is 16.1 Å². The zero-order valence-corrected chi connectivity index (χ0v) is 10.7. The average Bonchev–Trinajstić information content (AvgIpc) is 2.72. The van der Waals surface area contributed by atoms with Crippen LogP contribution in [0.4, 0.5) is 5.95 Å². The van der Waals surface area contributed by atoms with Gasteiger partial charge in [-0.05, 0) is 4.92 Å². The van der Waals surface area contributed by atoms with Crippen molar-refractivity contribution in [3.05, 3.63) is 22.5 Å². The van der Waals surface area contributed by atoms with Crippen molar-refractivity contribution in [1.29, 1.82) is 0 Å². The van der Waals surface area contributed by atoms with Crippen LogP contribution in [0.3, 0.4) is 0 Å². The molecule has 1 rings (SSSR count). The summed E-state index contributed by atoms with van der Waals surface area (Å²) in [5.41, 5.74) is 0. The molecule has 1 aromatic heterocycles. The summed E-state index contributed by atoms with van der Waals surface area (Å²) in [5.74, 6) is -0.490. The summed E-state index contributed by atoms with van der Waals surface area (Å²) in [6.45, 7) is -0.951. The lowest BCUT2D eigenvalue weighted by molar-refractivity contribution is -0.397. The maximum Gasteiger partial charge on any atom is 0.434 e. The SMILES string of the molecule is CS(=O)(=O)OCC(O)C(O)Cn1ccnc1[N+](=O)[O-]. The molecule has 0 spiro atoms. The van der Waals surface area contributed by atoms with Gasteiger partial charge in [0.2, 0.25) is 0 Å². The molecule has 19 heavy (non-hydrogen) atoms. The fourth-order valence-electron chi connectivity index (χ4n) is 1.24. The molecule has 0 bridgehead atoms. The zero-order valence-electron chi connectivity index (χ0n) is 9.91. The Morgan fingerprint density at radius 3 is 2.68 bits per heavy atom. The molecule has 0 aliphatic carbocycles. The highest BCUT2D eigenvalue weighted by molar-refractivity contribution is 7.85. The Labute approximate surface area is 108 Å². The fourth-order valence-corrected chi connectivity index (χ4v) is 1.63. The molecule has 0 saturated carbocycles. The van der Waals surface area contributed by atoms with Gasteiger partial charge >= 0.3 is 5.95 Å². The minimum atomic E-state index is -3.73. The summed E-state index contributed by atoms with van der Waals surface area (Å²) in [6, 6.07) is 0. The van der Waals surface area contributed by atoms with Crippen molar-refractivity contribution in [3.8, 4) is 0 Å². The monoisotopic (exact) mass is 295 g/mol. The largest absolute Gasteiger partial charge is 0.434 e. The fraction of sp³-hybridized carbons (Fsp3) is 0.625. The van der Waals surface area contributed by atoms with E-state index in [1.165, 1.54) is 12.4 Å². The summed E-state index contributed by atoms with van der Waals surface area (Å²) in [6.07, 6.45) is 0.286. The van der Waals surface area contributed by atoms with Crippen molar-refractivity contribution in [2.24, 2.45) is 0 Å². The van der Waals surface area contributed by atoms with Crippen LogP contribution in [-0.4, -0.2) is 58.2 Å². The van der Waals surface area contributed by atoms with Crippen molar-refractivity contribution in [1.82, 2.24) is 9.55 Å². The van der Waals surface area contributed by atoms with Crippen molar-refractivity contribution < 1.29 is 27.7 Å². The Morgan fingerprint density at radius 1 is 1.53 bits per heavy atom. The molecule has 0 aliphatic rings. The number of aromatic nitrogens is 2. The molecule has 1 heterocycles. The van der Waals surface area contributed by atoms with Crippen molar-refractivity contribution in [3.63, 3.8) is 0 Å². The number of nitrogens with zero attached hydrogens (tertiary/aromatic N) is 3. The summed E-state index contributed by atoms with van der Waals surface area (Å²) in [4.78, 5) is 13.3. The van der Waals surface area contributed by atoms with Crippen LogP contribution in [-0.2, 0) is 20.8 Å². The minimum absolute atomic E-state index is 0.315. The van der Waals surface area contributed by atoms with Crippen molar-refractivity contribution in [2.75, 3.05) is 12.9 Å². The van der Waals surface area contributed by atoms with Crippen LogP contribution in [0.5, 0.6) is 0 Å². The molecule has 0 aliphatic heterocycles. The molecule has 10 nitrogen and oxygen atoms in total. The maximum absolute atomic E-state index is 10.7. The van der Waals surface area contributed by atoms with Crippen LogP contribution >= 0.6 is 0 Å². The Morgan fingerprint density at radius 2 is 2.16 bits per heavy atom. The van der Waals surface area contributed by atoms with Gasteiger partial charge < -0.3 is 20.3 Å². The molecule has 2 N–H and O–H groups in total. The number of aliphatic hydroxyl groups is 2. The molecular formula is C8H13N3O7S. The van der Waals surface area contributed by atoms with Gasteiger partial charge in [0.15, 0.2) is 0 Å². The lowest BCUT2D eigenvalue weighted by atomic mass is 10.2. The molecule has 1 aromatic rings. The molecule has 0 saturated heterocycles. The quantitative estimate of drug-likeness (QED) is 0.351. The first kappa shape index (κ1) is 15.5. The maximum atomic E-state index is 10.7. The highest BCUT2D eigenvalue weighted by Crippen LogP contribution is 2.10. The Kier molecular flexibility index (Phi) is 4.94. The summed E-state index contributed by atoms with van der Waals surface area (Å²) < 4.78 is 26.7. The van der Waals surface area contributed by atoms with Gasteiger partial charge in [0.05, 0.1) is 12.9 Å². The predicted octanol–water partition coefficient (Wildman–Crippen LogP) is -1.51. The molecule has 0 radical (unpaired) electrons. The second-order valence-electron chi connectivity index (χ2n) is 3.76. The van der Waals surface area contributed by atoms with E-state index in [1.807, 2.05) is 0 Å². The summed E-state index contributed by atoms with van der Waals surface area (Å²) >= 11 is 0. The average molecular weight is 295 g/mol. The van der Waals surface area contributed by atoms with E-state index < -0.39 is 39.8 Å². The van der Waals surface area contributed by atoms with E-state index in [4.69, 9.17) is 0 Å². The molecule has 108 valence electrons. The second-order valence-corrected chi connectivity index (χ2v) is 5.40. The molecule has 2 unspecified atom stereocenters. The van der Waals surface area contributed by atoms with Gasteiger partial charge in [-0.1, -0.05) is 4.98 Å². The second kappa shape index (κ2) is 6.06. The van der Waals surface area contributed by atoms with E-state index in [2.05, 4.69) is 9.17 Å². The van der Waals surface area contributed by atoms with Gasteiger partial charge in [-0.25, -0.2) is 4.57 Å². The van der Waals surface area contributed by atoms with Gasteiger partial charge in [-0.15, -0.1) is 0 Å². The van der Waals surface area contributed by atoms with Gasteiger partial charge in [0, 0.05) is 0 Å². The number of hydrogen-bond donors (Lipinski definition) is 2. The summed E-state index contributed by atoms with van der Waals surface area (Å²) in [5, 5.41) is 29.6. The first-order valence-corrected chi connectivity index (χ1v) is 6.88. The van der Waals surface area contributed by atoms with Crippen LogP contribution in [0.25, 0.3) is 0 Å². The topological polar surface area (TPSA) is 145 Å². The van der Waals surface area contributed by atoms with E-state index in [-0.39, 0.29) is 6.54 Å². The molecule has 0 fully saturated rings. The van der Waals surface area contributed by atoms with E-state index >= 15 is 0 Å². The lowest BCUT2D eigenvalue weighted by Gasteiger charge is -2.16. The molecular weight excluding hydrogens is 282 g/mol. The van der Waals surface area contributed by atoms with Crippen LogP contribution < -0.4 is 0 Å². The predicted molar refractivity (Wildman–Crippen MR) is 61.7 cm³/mol. The smallest absolute Gasteiger partial charge is 0.390 e. The molecule has 11 heteroatoms. The van der Waals surface area contributed by atoms with Gasteiger partial charge in [0.25, 0.3) is 10.1 Å². The third kappa shape index (κ3) is 4.90. The standard InChI is InChI=1S/C8H13N3O7S/c1-19(16,17)18-5-7(13)6(12)4-10-3-2-9-8(10)11(14)15/h2-3,6-7,12-13H,4-5H2,1H3. The van der Waals surface area contributed by atoms with E-state index in [1.54, 1.807) is 0 Å². The van der Waals surface area contributed by atoms with Crippen LogP contribution in [0.2, 0.25) is 0 Å². The number of rotatable bonds is 7. The Balaban J connectivity index is 2.61. The third-order valence-corrected chi connectivity index (χ3v) is 2.70. The first-order chi connectivity index (χ1) is 8.70. The van der Waals surface area contributed by atoms with E-state index in [9.17, 15) is 28.7 Å². The minimum Gasteiger partial charge on any atom is -0.390 e.